The van der Waals surface area contributed by atoms with E-state index in [9.17, 15) is 0 Å². The van der Waals surface area contributed by atoms with Crippen molar-refractivity contribution in [2.75, 3.05) is 19.6 Å². The van der Waals surface area contributed by atoms with E-state index in [1.807, 2.05) is 0 Å². The van der Waals surface area contributed by atoms with Gasteiger partial charge in [-0.25, -0.2) is 0 Å². The average molecular weight is 288 g/mol. The fourth-order valence-corrected chi connectivity index (χ4v) is 3.35. The zero-order valence-corrected chi connectivity index (χ0v) is 13.9. The number of piperidine rings is 1. The van der Waals surface area contributed by atoms with E-state index in [1.165, 1.54) is 56.3 Å². The molecule has 2 rings (SSSR count). The lowest BCUT2D eigenvalue weighted by Gasteiger charge is -2.32. The van der Waals surface area contributed by atoms with Crippen molar-refractivity contribution in [1.82, 2.24) is 10.2 Å². The summed E-state index contributed by atoms with van der Waals surface area (Å²) in [4.78, 5) is 2.63. The summed E-state index contributed by atoms with van der Waals surface area (Å²) in [6, 6.07) is 9.10. The Morgan fingerprint density at radius 1 is 1.10 bits per heavy atom. The van der Waals surface area contributed by atoms with Crippen molar-refractivity contribution < 1.29 is 0 Å². The van der Waals surface area contributed by atoms with Crippen LogP contribution >= 0.6 is 0 Å². The molecule has 2 nitrogen and oxygen atoms in total. The van der Waals surface area contributed by atoms with E-state index >= 15 is 0 Å². The van der Waals surface area contributed by atoms with Gasteiger partial charge >= 0.3 is 0 Å². The van der Waals surface area contributed by atoms with E-state index in [0.717, 1.165) is 25.6 Å². The Balaban J connectivity index is 1.79. The van der Waals surface area contributed by atoms with Crippen molar-refractivity contribution in [3.8, 4) is 0 Å². The summed E-state index contributed by atoms with van der Waals surface area (Å²) in [6.07, 6.45) is 6.76. The van der Waals surface area contributed by atoms with Crippen molar-refractivity contribution >= 4 is 0 Å². The van der Waals surface area contributed by atoms with Gasteiger partial charge < -0.3 is 5.32 Å². The first kappa shape index (κ1) is 16.5. The van der Waals surface area contributed by atoms with Crippen LogP contribution in [0.2, 0.25) is 0 Å². The van der Waals surface area contributed by atoms with Crippen LogP contribution in [-0.4, -0.2) is 24.5 Å². The van der Waals surface area contributed by atoms with Crippen LogP contribution in [0, 0.1) is 5.92 Å². The minimum absolute atomic E-state index is 0.982. The molecule has 21 heavy (non-hydrogen) atoms. The summed E-state index contributed by atoms with van der Waals surface area (Å²) >= 11 is 0. The van der Waals surface area contributed by atoms with Crippen molar-refractivity contribution in [3.63, 3.8) is 0 Å². The van der Waals surface area contributed by atoms with E-state index in [0.29, 0.717) is 0 Å². The summed E-state index contributed by atoms with van der Waals surface area (Å²) in [5, 5.41) is 3.49. The first-order valence-corrected chi connectivity index (χ1v) is 8.82. The molecule has 0 spiro atoms. The van der Waals surface area contributed by atoms with Gasteiger partial charge in [0.2, 0.25) is 0 Å². The summed E-state index contributed by atoms with van der Waals surface area (Å²) in [5.41, 5.74) is 2.89. The topological polar surface area (TPSA) is 15.3 Å². The van der Waals surface area contributed by atoms with Crippen LogP contribution in [0.4, 0.5) is 0 Å². The molecule has 1 fully saturated rings. The maximum atomic E-state index is 3.49. The molecule has 0 unspecified atom stereocenters. The highest BCUT2D eigenvalue weighted by atomic mass is 15.1. The van der Waals surface area contributed by atoms with Crippen molar-refractivity contribution in [3.05, 3.63) is 35.4 Å². The Bertz CT molecular complexity index is 394. The Hall–Kier alpha value is -0.860. The van der Waals surface area contributed by atoms with Gasteiger partial charge in [0.25, 0.3) is 0 Å². The quantitative estimate of drug-likeness (QED) is 0.721. The maximum absolute atomic E-state index is 3.49. The maximum Gasteiger partial charge on any atom is 0.0233 e. The van der Waals surface area contributed by atoms with Gasteiger partial charge in [-0.3, -0.25) is 4.90 Å². The molecule has 1 aliphatic rings. The van der Waals surface area contributed by atoms with Gasteiger partial charge in [0.15, 0.2) is 0 Å². The van der Waals surface area contributed by atoms with E-state index in [1.54, 1.807) is 0 Å². The van der Waals surface area contributed by atoms with Gasteiger partial charge in [0, 0.05) is 13.1 Å². The molecule has 0 atom stereocenters. The molecule has 0 saturated carbocycles. The summed E-state index contributed by atoms with van der Waals surface area (Å²) in [6.45, 7) is 10.3. The molecule has 1 aliphatic heterocycles. The minimum atomic E-state index is 0.982. The Morgan fingerprint density at radius 3 is 2.57 bits per heavy atom. The fraction of sp³-hybridized carbons (Fsp3) is 0.684. The molecule has 1 heterocycles. The molecule has 2 heteroatoms. The van der Waals surface area contributed by atoms with Crippen molar-refractivity contribution in [2.24, 2.45) is 5.92 Å². The molecule has 0 bridgehead atoms. The molecule has 1 saturated heterocycles. The number of rotatable bonds is 8. The van der Waals surface area contributed by atoms with Crippen LogP contribution in [0.5, 0.6) is 0 Å². The van der Waals surface area contributed by atoms with E-state index in [4.69, 9.17) is 0 Å². The Labute approximate surface area is 130 Å². The van der Waals surface area contributed by atoms with Gasteiger partial charge in [0.05, 0.1) is 0 Å². The average Bonchev–Trinajstić information content (AvgIpc) is 2.50. The van der Waals surface area contributed by atoms with Crippen LogP contribution in [-0.2, 0) is 13.1 Å². The van der Waals surface area contributed by atoms with Gasteiger partial charge in [-0.05, 0) is 55.9 Å². The lowest BCUT2D eigenvalue weighted by Crippen LogP contribution is -2.33. The summed E-state index contributed by atoms with van der Waals surface area (Å²) < 4.78 is 0. The molecule has 0 aliphatic carbocycles. The zero-order valence-electron chi connectivity index (χ0n) is 13.9. The molecule has 1 aromatic rings. The first-order chi connectivity index (χ1) is 10.3. The number of benzene rings is 1. The molecular formula is C19H32N2. The largest absolute Gasteiger partial charge is 0.313 e. The monoisotopic (exact) mass is 288 g/mol. The second-order valence-electron chi connectivity index (χ2n) is 6.50. The minimum Gasteiger partial charge on any atom is -0.313 e. The molecule has 1 aromatic carbocycles. The smallest absolute Gasteiger partial charge is 0.0233 e. The van der Waals surface area contributed by atoms with Gasteiger partial charge in [0.1, 0.15) is 0 Å². The molecule has 1 N–H and O–H groups in total. The SMILES string of the molecule is CCCNCc1cccc(CN2CCC(CCC)CC2)c1. The van der Waals surface area contributed by atoms with Crippen LogP contribution in [0.1, 0.15) is 57.1 Å². The number of nitrogens with one attached hydrogen (secondary N) is 1. The summed E-state index contributed by atoms with van der Waals surface area (Å²) in [7, 11) is 0. The van der Waals surface area contributed by atoms with E-state index < -0.39 is 0 Å². The van der Waals surface area contributed by atoms with Crippen LogP contribution in [0.3, 0.4) is 0 Å². The first-order valence-electron chi connectivity index (χ1n) is 8.82. The molecule has 118 valence electrons. The normalized spacial score (nSPS) is 17.2. The highest BCUT2D eigenvalue weighted by molar-refractivity contribution is 5.23. The molecule has 0 radical (unpaired) electrons. The lowest BCUT2D eigenvalue weighted by molar-refractivity contribution is 0.172. The second kappa shape index (κ2) is 9.22. The lowest BCUT2D eigenvalue weighted by atomic mass is 9.92. The second-order valence-corrected chi connectivity index (χ2v) is 6.50. The third-order valence-electron chi connectivity index (χ3n) is 4.56. The van der Waals surface area contributed by atoms with Crippen LogP contribution in [0.15, 0.2) is 24.3 Å². The van der Waals surface area contributed by atoms with Crippen LogP contribution < -0.4 is 5.32 Å². The van der Waals surface area contributed by atoms with E-state index in [2.05, 4.69) is 48.3 Å². The Morgan fingerprint density at radius 2 is 1.86 bits per heavy atom. The predicted molar refractivity (Wildman–Crippen MR) is 91.3 cm³/mol. The number of nitrogens with zero attached hydrogens (tertiary/aromatic N) is 1. The van der Waals surface area contributed by atoms with Gasteiger partial charge in [-0.2, -0.15) is 0 Å². The standard InChI is InChI=1S/C19H32N2/c1-3-6-17-9-12-21(13-10-17)16-19-8-5-7-18(14-19)15-20-11-4-2/h5,7-8,14,17,20H,3-4,6,9-13,15-16H2,1-2H3. The van der Waals surface area contributed by atoms with Crippen LogP contribution in [0.25, 0.3) is 0 Å². The third kappa shape index (κ3) is 5.80. The highest BCUT2D eigenvalue weighted by Gasteiger charge is 2.18. The highest BCUT2D eigenvalue weighted by Crippen LogP contribution is 2.23. The van der Waals surface area contributed by atoms with Crippen molar-refractivity contribution in [1.29, 1.82) is 0 Å². The molecular weight excluding hydrogens is 256 g/mol. The molecule has 0 amide bonds. The number of hydrogen-bond acceptors (Lipinski definition) is 2. The van der Waals surface area contributed by atoms with Gasteiger partial charge in [-0.15, -0.1) is 0 Å². The number of hydrogen-bond donors (Lipinski definition) is 1. The van der Waals surface area contributed by atoms with E-state index in [-0.39, 0.29) is 0 Å². The fourth-order valence-electron chi connectivity index (χ4n) is 3.35. The predicted octanol–water partition coefficient (Wildman–Crippen LogP) is 4.20. The van der Waals surface area contributed by atoms with Crippen molar-refractivity contribution in [2.45, 2.75) is 59.0 Å². The summed E-state index contributed by atoms with van der Waals surface area (Å²) in [5.74, 6) is 0.982. The van der Waals surface area contributed by atoms with Gasteiger partial charge in [-0.1, -0.05) is 51.0 Å². The third-order valence-corrected chi connectivity index (χ3v) is 4.56. The number of likely N-dealkylation sites (tertiary alicyclic amines) is 1. The Kier molecular flexibility index (Phi) is 7.25. The zero-order chi connectivity index (χ0) is 14.9. The molecule has 0 aromatic heterocycles.